The lowest BCUT2D eigenvalue weighted by molar-refractivity contribution is -0.128. The molecule has 0 atom stereocenters. The van der Waals surface area contributed by atoms with Crippen molar-refractivity contribution in [2.45, 2.75) is 44.1 Å². The van der Waals surface area contributed by atoms with Crippen LogP contribution in [0.3, 0.4) is 0 Å². The number of hydrogen-bond donors (Lipinski definition) is 3. The van der Waals surface area contributed by atoms with Gasteiger partial charge in [-0.05, 0) is 24.8 Å². The van der Waals surface area contributed by atoms with Crippen LogP contribution in [0.25, 0.3) is 5.65 Å². The van der Waals surface area contributed by atoms with E-state index in [4.69, 9.17) is 5.11 Å². The summed E-state index contributed by atoms with van der Waals surface area (Å²) in [5.74, 6) is -0.502. The molecular formula is C17H23N5O3. The zero-order chi connectivity index (χ0) is 17.9. The highest BCUT2D eigenvalue weighted by atomic mass is 16.3. The van der Waals surface area contributed by atoms with Crippen molar-refractivity contribution in [1.82, 2.24) is 25.2 Å². The van der Waals surface area contributed by atoms with Gasteiger partial charge in [0.1, 0.15) is 11.1 Å². The van der Waals surface area contributed by atoms with Gasteiger partial charge in [-0.15, -0.1) is 0 Å². The molecule has 0 unspecified atom stereocenters. The predicted octanol–water partition coefficient (Wildman–Crippen LogP) is 0.443. The van der Waals surface area contributed by atoms with E-state index in [1.807, 2.05) is 0 Å². The second-order valence-corrected chi connectivity index (χ2v) is 6.44. The van der Waals surface area contributed by atoms with Gasteiger partial charge < -0.3 is 15.7 Å². The fourth-order valence-corrected chi connectivity index (χ4v) is 3.42. The maximum atomic E-state index is 12.8. The van der Waals surface area contributed by atoms with E-state index in [2.05, 4.69) is 20.7 Å². The molecule has 0 radical (unpaired) electrons. The number of hydrogen-bond acceptors (Lipinski definition) is 5. The molecular weight excluding hydrogens is 322 g/mol. The largest absolute Gasteiger partial charge is 0.396 e. The van der Waals surface area contributed by atoms with E-state index in [-0.39, 0.29) is 18.4 Å². The standard InChI is InChI=1S/C17H23N5O3/c1-18-16(25)17(6-3-2-4-7-17)21-15(24)13-10-20-22-11-12(5-8-23)9-19-14(13)22/h9-11,23H,2-8H2,1H3,(H,18,25)(H,21,24). The molecule has 0 aromatic carbocycles. The Morgan fingerprint density at radius 3 is 2.72 bits per heavy atom. The van der Waals surface area contributed by atoms with E-state index in [0.717, 1.165) is 24.8 Å². The van der Waals surface area contributed by atoms with Crippen LogP contribution in [-0.4, -0.2) is 50.7 Å². The van der Waals surface area contributed by atoms with Crippen LogP contribution in [-0.2, 0) is 11.2 Å². The molecule has 8 heteroatoms. The van der Waals surface area contributed by atoms with E-state index in [9.17, 15) is 9.59 Å². The van der Waals surface area contributed by atoms with Gasteiger partial charge in [-0.2, -0.15) is 5.10 Å². The van der Waals surface area contributed by atoms with Gasteiger partial charge in [0.15, 0.2) is 5.65 Å². The van der Waals surface area contributed by atoms with Crippen molar-refractivity contribution < 1.29 is 14.7 Å². The Kier molecular flexibility index (Phi) is 4.98. The van der Waals surface area contributed by atoms with Crippen LogP contribution in [0.15, 0.2) is 18.6 Å². The first kappa shape index (κ1) is 17.3. The number of carbonyl (C=O) groups is 2. The minimum absolute atomic E-state index is 0.0243. The maximum absolute atomic E-state index is 12.8. The second-order valence-electron chi connectivity index (χ2n) is 6.44. The molecule has 8 nitrogen and oxygen atoms in total. The number of aliphatic hydroxyl groups is 1. The third-order valence-corrected chi connectivity index (χ3v) is 4.78. The summed E-state index contributed by atoms with van der Waals surface area (Å²) in [4.78, 5) is 29.5. The molecule has 0 aliphatic heterocycles. The van der Waals surface area contributed by atoms with Crippen molar-refractivity contribution in [3.63, 3.8) is 0 Å². The first-order valence-electron chi connectivity index (χ1n) is 8.57. The highest BCUT2D eigenvalue weighted by Crippen LogP contribution is 2.29. The highest BCUT2D eigenvalue weighted by molar-refractivity contribution is 6.03. The van der Waals surface area contributed by atoms with Crippen LogP contribution in [0.1, 0.15) is 48.0 Å². The molecule has 1 fully saturated rings. The van der Waals surface area contributed by atoms with Gasteiger partial charge in [0.2, 0.25) is 5.91 Å². The number of amides is 2. The predicted molar refractivity (Wildman–Crippen MR) is 91.1 cm³/mol. The number of aromatic nitrogens is 3. The van der Waals surface area contributed by atoms with Crippen molar-refractivity contribution >= 4 is 17.5 Å². The number of likely N-dealkylation sites (N-methyl/N-ethyl adjacent to an activating group) is 1. The molecule has 3 rings (SSSR count). The number of nitrogens with one attached hydrogen (secondary N) is 2. The van der Waals surface area contributed by atoms with E-state index < -0.39 is 5.54 Å². The Morgan fingerprint density at radius 1 is 1.28 bits per heavy atom. The van der Waals surface area contributed by atoms with E-state index in [1.165, 1.54) is 10.7 Å². The van der Waals surface area contributed by atoms with Crippen LogP contribution in [0.2, 0.25) is 0 Å². The van der Waals surface area contributed by atoms with Crippen molar-refractivity contribution in [2.24, 2.45) is 0 Å². The Hall–Kier alpha value is -2.48. The molecule has 2 heterocycles. The molecule has 1 saturated carbocycles. The normalized spacial score (nSPS) is 16.6. The summed E-state index contributed by atoms with van der Waals surface area (Å²) >= 11 is 0. The van der Waals surface area contributed by atoms with Crippen LogP contribution in [0.4, 0.5) is 0 Å². The third-order valence-electron chi connectivity index (χ3n) is 4.78. The van der Waals surface area contributed by atoms with Gasteiger partial charge in [0.25, 0.3) is 5.91 Å². The Balaban J connectivity index is 1.87. The lowest BCUT2D eigenvalue weighted by Crippen LogP contribution is -2.59. The molecule has 25 heavy (non-hydrogen) atoms. The first-order chi connectivity index (χ1) is 12.1. The summed E-state index contributed by atoms with van der Waals surface area (Å²) in [5, 5.41) is 18.8. The zero-order valence-corrected chi connectivity index (χ0v) is 14.3. The van der Waals surface area contributed by atoms with Crippen LogP contribution < -0.4 is 10.6 Å². The summed E-state index contributed by atoms with van der Waals surface area (Å²) in [6, 6.07) is 0. The summed E-state index contributed by atoms with van der Waals surface area (Å²) < 4.78 is 1.52. The van der Waals surface area contributed by atoms with Gasteiger partial charge in [0.05, 0.1) is 6.20 Å². The SMILES string of the molecule is CNC(=O)C1(NC(=O)c2cnn3cc(CCO)cnc23)CCCCC1. The molecule has 2 aromatic heterocycles. The molecule has 134 valence electrons. The van der Waals surface area contributed by atoms with Crippen molar-refractivity contribution in [1.29, 1.82) is 0 Å². The van der Waals surface area contributed by atoms with Crippen molar-refractivity contribution in [2.75, 3.05) is 13.7 Å². The fourth-order valence-electron chi connectivity index (χ4n) is 3.42. The van der Waals surface area contributed by atoms with Crippen LogP contribution in [0, 0.1) is 0 Å². The minimum atomic E-state index is -0.866. The quantitative estimate of drug-likeness (QED) is 0.729. The monoisotopic (exact) mass is 345 g/mol. The van der Waals surface area contributed by atoms with Gasteiger partial charge in [-0.3, -0.25) is 9.59 Å². The van der Waals surface area contributed by atoms with Crippen molar-refractivity contribution in [3.8, 4) is 0 Å². The second kappa shape index (κ2) is 7.18. The molecule has 0 bridgehead atoms. The number of carbonyl (C=O) groups excluding carboxylic acids is 2. The number of nitrogens with zero attached hydrogens (tertiary/aromatic N) is 3. The first-order valence-corrected chi connectivity index (χ1v) is 8.57. The third kappa shape index (κ3) is 3.34. The average molecular weight is 345 g/mol. The van der Waals surface area contributed by atoms with Gasteiger partial charge in [0, 0.05) is 26.0 Å². The fraction of sp³-hybridized carbons (Fsp3) is 0.529. The van der Waals surface area contributed by atoms with Gasteiger partial charge in [-0.1, -0.05) is 19.3 Å². The average Bonchev–Trinajstić information content (AvgIpc) is 3.05. The molecule has 3 N–H and O–H groups in total. The zero-order valence-electron chi connectivity index (χ0n) is 14.3. The summed E-state index contributed by atoms with van der Waals surface area (Å²) in [7, 11) is 1.59. The van der Waals surface area contributed by atoms with E-state index >= 15 is 0 Å². The van der Waals surface area contributed by atoms with Crippen LogP contribution >= 0.6 is 0 Å². The van der Waals surface area contributed by atoms with Gasteiger partial charge in [-0.25, -0.2) is 9.50 Å². The lowest BCUT2D eigenvalue weighted by Gasteiger charge is -2.36. The summed E-state index contributed by atoms with van der Waals surface area (Å²) in [6.07, 6.45) is 9.45. The minimum Gasteiger partial charge on any atom is -0.396 e. The Labute approximate surface area is 145 Å². The van der Waals surface area contributed by atoms with E-state index in [1.54, 1.807) is 19.4 Å². The number of fused-ring (bicyclic) bond motifs is 1. The summed E-state index contributed by atoms with van der Waals surface area (Å²) in [5.41, 5.74) is 0.737. The molecule has 1 aliphatic carbocycles. The molecule has 0 spiro atoms. The summed E-state index contributed by atoms with van der Waals surface area (Å²) in [6.45, 7) is 0.0243. The Bertz CT molecular complexity index is 780. The highest BCUT2D eigenvalue weighted by Gasteiger charge is 2.40. The van der Waals surface area contributed by atoms with E-state index in [0.29, 0.717) is 30.5 Å². The van der Waals surface area contributed by atoms with Gasteiger partial charge >= 0.3 is 0 Å². The van der Waals surface area contributed by atoms with Crippen LogP contribution in [0.5, 0.6) is 0 Å². The molecule has 2 amide bonds. The Morgan fingerprint density at radius 2 is 2.04 bits per heavy atom. The molecule has 0 saturated heterocycles. The maximum Gasteiger partial charge on any atom is 0.257 e. The number of aliphatic hydroxyl groups excluding tert-OH is 1. The van der Waals surface area contributed by atoms with Crippen molar-refractivity contribution in [3.05, 3.63) is 29.7 Å². The smallest absolute Gasteiger partial charge is 0.257 e. The molecule has 2 aromatic rings. The molecule has 1 aliphatic rings. The number of rotatable bonds is 5. The lowest BCUT2D eigenvalue weighted by atomic mass is 9.80. The topological polar surface area (TPSA) is 109 Å².